The fourth-order valence-corrected chi connectivity index (χ4v) is 3.08. The normalized spacial score (nSPS) is 12.1. The predicted molar refractivity (Wildman–Crippen MR) is 69.7 cm³/mol. The van der Waals surface area contributed by atoms with Crippen LogP contribution in [0.2, 0.25) is 0 Å². The second kappa shape index (κ2) is 5.96. The quantitative estimate of drug-likeness (QED) is 0.658. The molecule has 0 bridgehead atoms. The van der Waals surface area contributed by atoms with E-state index < -0.39 is 20.7 Å². The Hall–Kier alpha value is -0.700. The highest BCUT2D eigenvalue weighted by molar-refractivity contribution is 9.10. The van der Waals surface area contributed by atoms with Crippen molar-refractivity contribution in [1.82, 2.24) is 4.47 Å². The molecule has 0 saturated heterocycles. The number of hydrogen-bond donors (Lipinski definition) is 1. The van der Waals surface area contributed by atoms with Crippen molar-refractivity contribution in [1.29, 1.82) is 0 Å². The number of hydrogen-bond acceptors (Lipinski definition) is 4. The number of anilines is 1. The molecule has 0 unspecified atom stereocenters. The molecule has 0 atom stereocenters. The summed E-state index contributed by atoms with van der Waals surface area (Å²) >= 11 is 3.03. The highest BCUT2D eigenvalue weighted by atomic mass is 79.9. The molecule has 2 N–H and O–H groups in total. The molecule has 0 aliphatic rings. The number of hydroxylamine groups is 1. The molecular formula is C10H14BrFN2O3S. The summed E-state index contributed by atoms with van der Waals surface area (Å²) in [6.45, 7) is 1.92. The molecule has 0 fully saturated rings. The smallest absolute Gasteiger partial charge is 0.267 e. The number of nitrogens with two attached hydrogens (primary N) is 1. The molecule has 0 spiro atoms. The Morgan fingerprint density at radius 1 is 1.50 bits per heavy atom. The van der Waals surface area contributed by atoms with Crippen molar-refractivity contribution in [2.45, 2.75) is 18.2 Å². The molecule has 0 saturated carbocycles. The molecule has 0 heterocycles. The molecule has 18 heavy (non-hydrogen) atoms. The van der Waals surface area contributed by atoms with Crippen molar-refractivity contribution in [3.05, 3.63) is 22.4 Å². The molecule has 0 radical (unpaired) electrons. The molecule has 0 aliphatic heterocycles. The third-order valence-corrected chi connectivity index (χ3v) is 4.63. The molecular weight excluding hydrogens is 327 g/mol. The van der Waals surface area contributed by atoms with Crippen molar-refractivity contribution < 1.29 is 17.6 Å². The van der Waals surface area contributed by atoms with Crippen molar-refractivity contribution >= 4 is 31.6 Å². The first kappa shape index (κ1) is 15.4. The van der Waals surface area contributed by atoms with Crippen molar-refractivity contribution in [3.8, 4) is 0 Å². The maximum Gasteiger partial charge on any atom is 0.267 e. The van der Waals surface area contributed by atoms with Crippen LogP contribution in [0.15, 0.2) is 21.5 Å². The molecule has 8 heteroatoms. The van der Waals surface area contributed by atoms with Gasteiger partial charge in [0.05, 0.1) is 7.11 Å². The lowest BCUT2D eigenvalue weighted by Gasteiger charge is -2.19. The summed E-state index contributed by atoms with van der Waals surface area (Å²) in [7, 11) is -2.83. The van der Waals surface area contributed by atoms with Crippen LogP contribution in [-0.2, 0) is 14.9 Å². The Morgan fingerprint density at radius 3 is 2.61 bits per heavy atom. The zero-order chi connectivity index (χ0) is 13.9. The van der Waals surface area contributed by atoms with E-state index in [1.807, 2.05) is 0 Å². The minimum Gasteiger partial charge on any atom is -0.398 e. The third-order valence-electron chi connectivity index (χ3n) is 2.21. The molecule has 1 aromatic carbocycles. The van der Waals surface area contributed by atoms with Crippen LogP contribution in [0, 0.1) is 5.82 Å². The molecule has 5 nitrogen and oxygen atoms in total. The number of nitrogen functional groups attached to an aromatic ring is 1. The van der Waals surface area contributed by atoms with Gasteiger partial charge in [0, 0.05) is 16.7 Å². The van der Waals surface area contributed by atoms with Crippen LogP contribution in [0.5, 0.6) is 0 Å². The Balaban J connectivity index is 3.32. The van der Waals surface area contributed by atoms with Crippen LogP contribution in [-0.4, -0.2) is 26.5 Å². The second-order valence-electron chi connectivity index (χ2n) is 3.52. The van der Waals surface area contributed by atoms with Crippen molar-refractivity contribution in [2.24, 2.45) is 0 Å². The van der Waals surface area contributed by atoms with Gasteiger partial charge in [0.1, 0.15) is 10.7 Å². The van der Waals surface area contributed by atoms with Crippen LogP contribution in [0.25, 0.3) is 0 Å². The fourth-order valence-electron chi connectivity index (χ4n) is 1.34. The van der Waals surface area contributed by atoms with Gasteiger partial charge in [0.25, 0.3) is 10.0 Å². The van der Waals surface area contributed by atoms with Crippen molar-refractivity contribution in [2.75, 3.05) is 19.4 Å². The lowest BCUT2D eigenvalue weighted by molar-refractivity contribution is -0.0484. The summed E-state index contributed by atoms with van der Waals surface area (Å²) in [6, 6.07) is 2.08. The maximum absolute atomic E-state index is 13.7. The Labute approximate surface area is 114 Å². The van der Waals surface area contributed by atoms with Gasteiger partial charge in [-0.15, -0.1) is 0 Å². The van der Waals surface area contributed by atoms with Gasteiger partial charge in [-0.05, 0) is 34.5 Å². The second-order valence-corrected chi connectivity index (χ2v) is 6.17. The summed E-state index contributed by atoms with van der Waals surface area (Å²) in [6.07, 6.45) is 0.542. The van der Waals surface area contributed by atoms with Gasteiger partial charge in [-0.3, -0.25) is 4.84 Å². The molecule has 0 aromatic heterocycles. The van der Waals surface area contributed by atoms with E-state index in [2.05, 4.69) is 15.9 Å². The zero-order valence-electron chi connectivity index (χ0n) is 9.98. The van der Waals surface area contributed by atoms with E-state index in [-0.39, 0.29) is 12.2 Å². The van der Waals surface area contributed by atoms with E-state index >= 15 is 0 Å². The average molecular weight is 341 g/mol. The van der Waals surface area contributed by atoms with Crippen LogP contribution in [0.1, 0.15) is 13.3 Å². The largest absolute Gasteiger partial charge is 0.398 e. The van der Waals surface area contributed by atoms with E-state index in [1.54, 1.807) is 6.92 Å². The maximum atomic E-state index is 13.7. The molecule has 1 aromatic rings. The van der Waals surface area contributed by atoms with Gasteiger partial charge in [-0.25, -0.2) is 12.8 Å². The van der Waals surface area contributed by atoms with Crippen LogP contribution < -0.4 is 5.73 Å². The Morgan fingerprint density at radius 2 is 2.11 bits per heavy atom. The summed E-state index contributed by atoms with van der Waals surface area (Å²) in [5, 5.41) is 0. The van der Waals surface area contributed by atoms with E-state index in [0.29, 0.717) is 10.9 Å². The Bertz CT molecular complexity index is 536. The molecule has 102 valence electrons. The average Bonchev–Trinajstić information content (AvgIpc) is 2.30. The topological polar surface area (TPSA) is 72.6 Å². The summed E-state index contributed by atoms with van der Waals surface area (Å²) < 4.78 is 39.0. The SMILES string of the molecule is CCCN(OC)S(=O)(=O)c1cc(N)c(Br)cc1F. The molecule has 0 aliphatic carbocycles. The molecule has 0 amide bonds. The monoisotopic (exact) mass is 340 g/mol. The third kappa shape index (κ3) is 3.00. The highest BCUT2D eigenvalue weighted by Crippen LogP contribution is 2.28. The Kier molecular flexibility index (Phi) is 5.09. The van der Waals surface area contributed by atoms with Crippen molar-refractivity contribution in [3.63, 3.8) is 0 Å². The van der Waals surface area contributed by atoms with E-state index in [4.69, 9.17) is 10.6 Å². The summed E-state index contributed by atoms with van der Waals surface area (Å²) in [5.41, 5.74) is 5.71. The number of rotatable bonds is 5. The number of sulfonamides is 1. The first-order valence-electron chi connectivity index (χ1n) is 5.16. The van der Waals surface area contributed by atoms with E-state index in [9.17, 15) is 12.8 Å². The molecule has 1 rings (SSSR count). The van der Waals surface area contributed by atoms with Gasteiger partial charge in [0.15, 0.2) is 0 Å². The summed E-state index contributed by atoms with van der Waals surface area (Å²) in [5.74, 6) is -0.880. The van der Waals surface area contributed by atoms with Crippen LogP contribution in [0.4, 0.5) is 10.1 Å². The number of benzene rings is 1. The van der Waals surface area contributed by atoms with Gasteiger partial charge >= 0.3 is 0 Å². The van der Waals surface area contributed by atoms with Gasteiger partial charge in [-0.2, -0.15) is 0 Å². The van der Waals surface area contributed by atoms with Gasteiger partial charge < -0.3 is 5.73 Å². The standard InChI is InChI=1S/C10H14BrFN2O3S/c1-3-4-14(17-2)18(15,16)10-6-9(13)7(11)5-8(10)12/h5-6H,3-4,13H2,1-2H3. The van der Waals surface area contributed by atoms with E-state index in [0.717, 1.165) is 16.6 Å². The van der Waals surface area contributed by atoms with Crippen LogP contribution in [0.3, 0.4) is 0 Å². The first-order valence-corrected chi connectivity index (χ1v) is 7.39. The lowest BCUT2D eigenvalue weighted by Crippen LogP contribution is -2.31. The fraction of sp³-hybridized carbons (Fsp3) is 0.400. The highest BCUT2D eigenvalue weighted by Gasteiger charge is 2.28. The van der Waals surface area contributed by atoms with E-state index in [1.165, 1.54) is 7.11 Å². The summed E-state index contributed by atoms with van der Waals surface area (Å²) in [4.78, 5) is 4.26. The minimum atomic E-state index is -4.05. The minimum absolute atomic E-state index is 0.133. The number of nitrogens with zero attached hydrogens (tertiary/aromatic N) is 1. The number of halogens is 2. The van der Waals surface area contributed by atoms with Gasteiger partial charge in [-0.1, -0.05) is 11.4 Å². The van der Waals surface area contributed by atoms with Crippen LogP contribution >= 0.6 is 15.9 Å². The lowest BCUT2D eigenvalue weighted by atomic mass is 10.3. The predicted octanol–water partition coefficient (Wildman–Crippen LogP) is 2.13. The zero-order valence-corrected chi connectivity index (χ0v) is 12.4. The van der Waals surface area contributed by atoms with Gasteiger partial charge in [0.2, 0.25) is 0 Å². The first-order chi connectivity index (χ1) is 8.34.